The Morgan fingerprint density at radius 2 is 1.61 bits per heavy atom. The topological polar surface area (TPSA) is 9.23 Å². The fourth-order valence-electron chi connectivity index (χ4n) is 2.10. The summed E-state index contributed by atoms with van der Waals surface area (Å²) in [7, 11) is 0. The van der Waals surface area contributed by atoms with E-state index in [2.05, 4.69) is 51.1 Å². The van der Waals surface area contributed by atoms with Crippen LogP contribution in [0.25, 0.3) is 0 Å². The van der Waals surface area contributed by atoms with Crippen molar-refractivity contribution in [2.45, 2.75) is 33.3 Å². The zero-order chi connectivity index (χ0) is 13.0. The molecule has 2 rings (SSSR count). The highest BCUT2D eigenvalue weighted by Gasteiger charge is 2.06. The molecule has 0 unspecified atom stereocenters. The third-order valence-electron chi connectivity index (χ3n) is 3.15. The molecule has 0 saturated heterocycles. The molecule has 0 saturated carbocycles. The molecular weight excluding hydrogens is 220 g/mol. The number of aryl methyl sites for hydroxylation is 1. The predicted molar refractivity (Wildman–Crippen MR) is 76.0 cm³/mol. The summed E-state index contributed by atoms with van der Waals surface area (Å²) in [5.74, 6) is 1.50. The molecule has 94 valence electrons. The number of hydrogen-bond acceptors (Lipinski definition) is 1. The van der Waals surface area contributed by atoms with Crippen LogP contribution in [-0.4, -0.2) is 0 Å². The zero-order valence-electron chi connectivity index (χ0n) is 11.3. The van der Waals surface area contributed by atoms with Crippen LogP contribution in [0.1, 0.15) is 36.5 Å². The maximum atomic E-state index is 5.91. The molecule has 0 spiro atoms. The van der Waals surface area contributed by atoms with Gasteiger partial charge in [0.2, 0.25) is 0 Å². The minimum atomic E-state index is 0.529. The van der Waals surface area contributed by atoms with E-state index in [1.165, 1.54) is 16.7 Å². The highest BCUT2D eigenvalue weighted by molar-refractivity contribution is 5.33. The van der Waals surface area contributed by atoms with Gasteiger partial charge in [-0.3, -0.25) is 0 Å². The lowest BCUT2D eigenvalue weighted by atomic mass is 9.98. The van der Waals surface area contributed by atoms with Crippen LogP contribution in [0.4, 0.5) is 0 Å². The molecule has 0 radical (unpaired) electrons. The molecule has 0 bridgehead atoms. The molecule has 2 aromatic carbocycles. The second-order valence-corrected chi connectivity index (χ2v) is 4.91. The molecule has 0 aliphatic carbocycles. The SMILES string of the molecule is Cc1ccccc1OCc1ccccc1C(C)C. The summed E-state index contributed by atoms with van der Waals surface area (Å²) < 4.78 is 5.91. The van der Waals surface area contributed by atoms with Crippen LogP contribution in [0.3, 0.4) is 0 Å². The van der Waals surface area contributed by atoms with Gasteiger partial charge in [0.15, 0.2) is 0 Å². The van der Waals surface area contributed by atoms with Gasteiger partial charge in [0.25, 0.3) is 0 Å². The van der Waals surface area contributed by atoms with Gasteiger partial charge in [0, 0.05) is 0 Å². The van der Waals surface area contributed by atoms with Crippen molar-refractivity contribution >= 4 is 0 Å². The van der Waals surface area contributed by atoms with Gasteiger partial charge in [-0.15, -0.1) is 0 Å². The highest BCUT2D eigenvalue weighted by Crippen LogP contribution is 2.22. The van der Waals surface area contributed by atoms with Crippen LogP contribution in [0.2, 0.25) is 0 Å². The van der Waals surface area contributed by atoms with Crippen LogP contribution in [0.15, 0.2) is 48.5 Å². The minimum absolute atomic E-state index is 0.529. The third kappa shape index (κ3) is 2.92. The van der Waals surface area contributed by atoms with Crippen LogP contribution in [0, 0.1) is 6.92 Å². The van der Waals surface area contributed by atoms with Crippen molar-refractivity contribution in [2.24, 2.45) is 0 Å². The molecule has 0 aliphatic rings. The first-order chi connectivity index (χ1) is 8.68. The second kappa shape index (κ2) is 5.72. The number of rotatable bonds is 4. The first kappa shape index (κ1) is 12.7. The van der Waals surface area contributed by atoms with E-state index in [9.17, 15) is 0 Å². The Balaban J connectivity index is 2.14. The van der Waals surface area contributed by atoms with Crippen molar-refractivity contribution in [1.29, 1.82) is 0 Å². The molecule has 2 aromatic rings. The average Bonchev–Trinajstić information content (AvgIpc) is 2.38. The molecule has 0 atom stereocenters. The predicted octanol–water partition coefficient (Wildman–Crippen LogP) is 4.70. The van der Waals surface area contributed by atoms with E-state index in [4.69, 9.17) is 4.74 Å². The van der Waals surface area contributed by atoms with E-state index in [1.807, 2.05) is 18.2 Å². The maximum Gasteiger partial charge on any atom is 0.122 e. The van der Waals surface area contributed by atoms with E-state index in [0.29, 0.717) is 12.5 Å². The standard InChI is InChI=1S/C17H20O/c1-13(2)16-10-6-5-9-15(16)12-18-17-11-7-4-8-14(17)3/h4-11,13H,12H2,1-3H3. The molecule has 1 heteroatoms. The fourth-order valence-corrected chi connectivity index (χ4v) is 2.10. The number of benzene rings is 2. The van der Waals surface area contributed by atoms with E-state index < -0.39 is 0 Å². The summed E-state index contributed by atoms with van der Waals surface area (Å²) in [5, 5.41) is 0. The van der Waals surface area contributed by atoms with Crippen molar-refractivity contribution in [1.82, 2.24) is 0 Å². The van der Waals surface area contributed by atoms with Gasteiger partial charge in [-0.2, -0.15) is 0 Å². The van der Waals surface area contributed by atoms with Gasteiger partial charge >= 0.3 is 0 Å². The molecule has 18 heavy (non-hydrogen) atoms. The largest absolute Gasteiger partial charge is 0.489 e. The first-order valence-electron chi connectivity index (χ1n) is 6.44. The third-order valence-corrected chi connectivity index (χ3v) is 3.15. The lowest BCUT2D eigenvalue weighted by molar-refractivity contribution is 0.302. The normalized spacial score (nSPS) is 10.7. The fraction of sp³-hybridized carbons (Fsp3) is 0.294. The number of hydrogen-bond donors (Lipinski definition) is 0. The quantitative estimate of drug-likeness (QED) is 0.752. The molecule has 0 N–H and O–H groups in total. The molecule has 0 fully saturated rings. The number of ether oxygens (including phenoxy) is 1. The maximum absolute atomic E-state index is 5.91. The van der Waals surface area contributed by atoms with Crippen LogP contribution >= 0.6 is 0 Å². The Morgan fingerprint density at radius 1 is 0.944 bits per heavy atom. The zero-order valence-corrected chi connectivity index (χ0v) is 11.3. The summed E-state index contributed by atoms with van der Waals surface area (Å²) in [6, 6.07) is 16.6. The van der Waals surface area contributed by atoms with Crippen molar-refractivity contribution in [3.8, 4) is 5.75 Å². The molecule has 0 aromatic heterocycles. The van der Waals surface area contributed by atoms with Crippen LogP contribution in [-0.2, 0) is 6.61 Å². The smallest absolute Gasteiger partial charge is 0.122 e. The summed E-state index contributed by atoms with van der Waals surface area (Å²) in [4.78, 5) is 0. The molecular formula is C17H20O. The molecule has 0 aliphatic heterocycles. The van der Waals surface area contributed by atoms with E-state index >= 15 is 0 Å². The summed E-state index contributed by atoms with van der Waals surface area (Å²) >= 11 is 0. The molecule has 0 heterocycles. The average molecular weight is 240 g/mol. The van der Waals surface area contributed by atoms with Crippen molar-refractivity contribution in [2.75, 3.05) is 0 Å². The van der Waals surface area contributed by atoms with Crippen LogP contribution < -0.4 is 4.74 Å². The first-order valence-corrected chi connectivity index (χ1v) is 6.44. The van der Waals surface area contributed by atoms with Gasteiger partial charge in [-0.25, -0.2) is 0 Å². The van der Waals surface area contributed by atoms with Crippen molar-refractivity contribution in [3.63, 3.8) is 0 Å². The van der Waals surface area contributed by atoms with Gasteiger partial charge < -0.3 is 4.74 Å². The summed E-state index contributed by atoms with van der Waals surface area (Å²) in [6.45, 7) is 7.14. The van der Waals surface area contributed by atoms with Crippen molar-refractivity contribution in [3.05, 3.63) is 65.2 Å². The van der Waals surface area contributed by atoms with Crippen LogP contribution in [0.5, 0.6) is 5.75 Å². The van der Waals surface area contributed by atoms with E-state index in [1.54, 1.807) is 0 Å². The highest BCUT2D eigenvalue weighted by atomic mass is 16.5. The minimum Gasteiger partial charge on any atom is -0.489 e. The van der Waals surface area contributed by atoms with E-state index in [0.717, 1.165) is 5.75 Å². The Hall–Kier alpha value is -1.76. The second-order valence-electron chi connectivity index (χ2n) is 4.91. The van der Waals surface area contributed by atoms with Gasteiger partial charge in [-0.05, 0) is 35.6 Å². The number of para-hydroxylation sites is 1. The Labute approximate surface area is 109 Å². The monoisotopic (exact) mass is 240 g/mol. The lowest BCUT2D eigenvalue weighted by Gasteiger charge is -2.14. The molecule has 1 nitrogen and oxygen atoms in total. The Morgan fingerprint density at radius 3 is 2.33 bits per heavy atom. The summed E-state index contributed by atoms with van der Waals surface area (Å²) in [5.41, 5.74) is 3.82. The summed E-state index contributed by atoms with van der Waals surface area (Å²) in [6.07, 6.45) is 0. The van der Waals surface area contributed by atoms with E-state index in [-0.39, 0.29) is 0 Å². The van der Waals surface area contributed by atoms with Gasteiger partial charge in [-0.1, -0.05) is 56.3 Å². The Bertz CT molecular complexity index is 515. The van der Waals surface area contributed by atoms with Crippen molar-refractivity contribution < 1.29 is 4.74 Å². The van der Waals surface area contributed by atoms with Gasteiger partial charge in [0.1, 0.15) is 12.4 Å². The Kier molecular flexibility index (Phi) is 4.03. The lowest BCUT2D eigenvalue weighted by Crippen LogP contribution is -2.02. The molecule has 0 amide bonds. The van der Waals surface area contributed by atoms with Gasteiger partial charge in [0.05, 0.1) is 0 Å².